The fraction of sp³-hybridized carbons (Fsp3) is 0.727. The normalized spacial score (nSPS) is 12.7. The number of ketones is 4. The summed E-state index contributed by atoms with van der Waals surface area (Å²) in [5.74, 6) is -0.979. The van der Waals surface area contributed by atoms with Gasteiger partial charge >= 0.3 is 0 Å². The monoisotopic (exact) mass is 439 g/mol. The zero-order chi connectivity index (χ0) is 24.0. The summed E-state index contributed by atoms with van der Waals surface area (Å²) in [7, 11) is 1.71. The Bertz CT molecular complexity index is 646. The zero-order valence-electron chi connectivity index (χ0n) is 19.3. The second-order valence-corrected chi connectivity index (χ2v) is 8.22. The second-order valence-electron chi connectivity index (χ2n) is 8.22. The number of hydrogen-bond donors (Lipinski definition) is 3. The Labute approximate surface area is 184 Å². The van der Waals surface area contributed by atoms with Crippen LogP contribution in [0.25, 0.3) is 0 Å². The van der Waals surface area contributed by atoms with Crippen LogP contribution in [0.1, 0.15) is 79.1 Å². The van der Waals surface area contributed by atoms with Crippen molar-refractivity contribution in [3.63, 3.8) is 0 Å². The van der Waals surface area contributed by atoms with E-state index < -0.39 is 18.0 Å². The summed E-state index contributed by atoms with van der Waals surface area (Å²) in [5.41, 5.74) is 0. The van der Waals surface area contributed by atoms with E-state index in [0.29, 0.717) is 19.3 Å². The Kier molecular flexibility index (Phi) is 14.2. The van der Waals surface area contributed by atoms with Gasteiger partial charge in [0.05, 0.1) is 0 Å². The number of rotatable bonds is 17. The maximum Gasteiger partial charge on any atom is 0.222 e. The number of hydrogen-bond acceptors (Lipinski definition) is 7. The highest BCUT2D eigenvalue weighted by atomic mass is 16.2. The molecule has 0 aliphatic heterocycles. The molecule has 3 N–H and O–H groups in total. The summed E-state index contributed by atoms with van der Waals surface area (Å²) in [4.78, 5) is 70.3. The molecule has 2 amide bonds. The molecule has 0 aliphatic carbocycles. The van der Waals surface area contributed by atoms with Gasteiger partial charge < -0.3 is 25.5 Å². The van der Waals surface area contributed by atoms with Gasteiger partial charge in [-0.15, -0.1) is 0 Å². The van der Waals surface area contributed by atoms with Gasteiger partial charge in [-0.3, -0.25) is 19.2 Å². The minimum Gasteiger partial charge on any atom is -0.353 e. The van der Waals surface area contributed by atoms with Gasteiger partial charge in [0, 0.05) is 56.7 Å². The van der Waals surface area contributed by atoms with E-state index in [9.17, 15) is 28.8 Å². The molecule has 2 atom stereocenters. The summed E-state index contributed by atoms with van der Waals surface area (Å²) in [5, 5.41) is 8.49. The van der Waals surface area contributed by atoms with Crippen molar-refractivity contribution in [1.82, 2.24) is 16.0 Å². The molecule has 0 rings (SSSR count). The fourth-order valence-electron chi connectivity index (χ4n) is 3.22. The highest BCUT2D eigenvalue weighted by Gasteiger charge is 2.22. The summed E-state index contributed by atoms with van der Waals surface area (Å²) < 4.78 is 0. The molecule has 2 unspecified atom stereocenters. The van der Waals surface area contributed by atoms with Crippen LogP contribution in [-0.4, -0.2) is 60.1 Å². The van der Waals surface area contributed by atoms with E-state index in [0.717, 1.165) is 0 Å². The minimum absolute atomic E-state index is 0.0438. The molecule has 0 fully saturated rings. The summed E-state index contributed by atoms with van der Waals surface area (Å²) in [6.07, 6.45) is 1.57. The SMILES string of the molecule is CNC(CCC(C)=O)CC(=O)NC(CCC(C)=O)CC(=O)NC(CC(C)=O)CC(C)=O. The van der Waals surface area contributed by atoms with Crippen molar-refractivity contribution in [2.75, 3.05) is 7.05 Å². The third-order valence-electron chi connectivity index (χ3n) is 4.76. The molecular weight excluding hydrogens is 402 g/mol. The van der Waals surface area contributed by atoms with Crippen molar-refractivity contribution in [3.8, 4) is 0 Å². The number of Topliss-reactive ketones (excluding diaryl/α,β-unsaturated/α-hetero) is 4. The molecule has 9 heteroatoms. The number of amides is 2. The summed E-state index contributed by atoms with van der Waals surface area (Å²) in [6.45, 7) is 5.71. The van der Waals surface area contributed by atoms with Crippen molar-refractivity contribution in [3.05, 3.63) is 0 Å². The zero-order valence-corrected chi connectivity index (χ0v) is 19.3. The van der Waals surface area contributed by atoms with Crippen molar-refractivity contribution >= 4 is 34.9 Å². The molecule has 0 saturated carbocycles. The first-order chi connectivity index (χ1) is 14.4. The van der Waals surface area contributed by atoms with Gasteiger partial charge in [0.15, 0.2) is 0 Å². The van der Waals surface area contributed by atoms with E-state index in [1.807, 2.05) is 0 Å². The highest BCUT2D eigenvalue weighted by molar-refractivity contribution is 5.84. The first kappa shape index (κ1) is 28.6. The van der Waals surface area contributed by atoms with Crippen LogP contribution < -0.4 is 16.0 Å². The number of carbonyl (C=O) groups excluding carboxylic acids is 6. The molecule has 0 aromatic carbocycles. The number of nitrogens with one attached hydrogen (secondary N) is 3. The molecule has 176 valence electrons. The van der Waals surface area contributed by atoms with Gasteiger partial charge in [0.25, 0.3) is 0 Å². The standard InChI is InChI=1S/C22H37N3O6/c1-14(26)6-8-18(23-5)12-21(30)24-19(9-7-15(2)27)13-22(31)25-20(10-16(3)28)11-17(4)29/h18-20,23H,6-13H2,1-5H3,(H,24,30)(H,25,31). The molecule has 0 saturated heterocycles. The Morgan fingerprint density at radius 2 is 0.935 bits per heavy atom. The van der Waals surface area contributed by atoms with Gasteiger partial charge in [-0.1, -0.05) is 0 Å². The molecule has 0 aromatic heterocycles. The van der Waals surface area contributed by atoms with E-state index in [1.165, 1.54) is 27.7 Å². The van der Waals surface area contributed by atoms with Crippen molar-refractivity contribution < 1.29 is 28.8 Å². The first-order valence-electron chi connectivity index (χ1n) is 10.7. The topological polar surface area (TPSA) is 139 Å². The Morgan fingerprint density at radius 1 is 0.548 bits per heavy atom. The lowest BCUT2D eigenvalue weighted by atomic mass is 10.0. The third kappa shape index (κ3) is 16.0. The molecule has 0 spiro atoms. The molecule has 0 radical (unpaired) electrons. The molecule has 9 nitrogen and oxygen atoms in total. The summed E-state index contributed by atoms with van der Waals surface area (Å²) in [6, 6.07) is -1.33. The lowest BCUT2D eigenvalue weighted by Gasteiger charge is -2.22. The Hall–Kier alpha value is -2.42. The summed E-state index contributed by atoms with van der Waals surface area (Å²) >= 11 is 0. The average Bonchev–Trinajstić information content (AvgIpc) is 2.61. The van der Waals surface area contributed by atoms with Crippen molar-refractivity contribution in [1.29, 1.82) is 0 Å². The maximum atomic E-state index is 12.5. The second kappa shape index (κ2) is 15.4. The maximum absolute atomic E-state index is 12.5. The molecule has 31 heavy (non-hydrogen) atoms. The minimum atomic E-state index is -0.591. The lowest BCUT2D eigenvalue weighted by Crippen LogP contribution is -2.44. The van der Waals surface area contributed by atoms with E-state index in [2.05, 4.69) is 16.0 Å². The lowest BCUT2D eigenvalue weighted by molar-refractivity contribution is -0.126. The molecule has 0 heterocycles. The predicted octanol–water partition coefficient (Wildman–Crippen LogP) is 1.02. The van der Waals surface area contributed by atoms with Crippen LogP contribution in [0.4, 0.5) is 0 Å². The first-order valence-corrected chi connectivity index (χ1v) is 10.7. The molecule has 0 aliphatic rings. The van der Waals surface area contributed by atoms with Crippen LogP contribution in [0.2, 0.25) is 0 Å². The van der Waals surface area contributed by atoms with Crippen molar-refractivity contribution in [2.45, 2.75) is 97.2 Å². The molecule has 0 bridgehead atoms. The predicted molar refractivity (Wildman–Crippen MR) is 116 cm³/mol. The van der Waals surface area contributed by atoms with E-state index >= 15 is 0 Å². The van der Waals surface area contributed by atoms with Crippen molar-refractivity contribution in [2.24, 2.45) is 0 Å². The van der Waals surface area contributed by atoms with Crippen LogP contribution in [0.15, 0.2) is 0 Å². The Morgan fingerprint density at radius 3 is 1.32 bits per heavy atom. The van der Waals surface area contributed by atoms with E-state index in [1.54, 1.807) is 7.05 Å². The Balaban J connectivity index is 4.98. The van der Waals surface area contributed by atoms with Gasteiger partial charge in [-0.05, 0) is 47.6 Å². The van der Waals surface area contributed by atoms with E-state index in [-0.39, 0.29) is 67.2 Å². The van der Waals surface area contributed by atoms with Gasteiger partial charge in [0.1, 0.15) is 23.1 Å². The smallest absolute Gasteiger partial charge is 0.222 e. The fourth-order valence-corrected chi connectivity index (χ4v) is 3.22. The molecule has 0 aromatic rings. The largest absolute Gasteiger partial charge is 0.353 e. The van der Waals surface area contributed by atoms with E-state index in [4.69, 9.17) is 0 Å². The third-order valence-corrected chi connectivity index (χ3v) is 4.76. The van der Waals surface area contributed by atoms with Crippen LogP contribution in [0.3, 0.4) is 0 Å². The number of carbonyl (C=O) groups is 6. The van der Waals surface area contributed by atoms with Crippen LogP contribution in [0.5, 0.6) is 0 Å². The van der Waals surface area contributed by atoms with Crippen LogP contribution in [0, 0.1) is 0 Å². The highest BCUT2D eigenvalue weighted by Crippen LogP contribution is 2.08. The average molecular weight is 440 g/mol. The van der Waals surface area contributed by atoms with Gasteiger partial charge in [-0.2, -0.15) is 0 Å². The van der Waals surface area contributed by atoms with Gasteiger partial charge in [-0.25, -0.2) is 0 Å². The van der Waals surface area contributed by atoms with Crippen LogP contribution in [-0.2, 0) is 28.8 Å². The molecular formula is C22H37N3O6. The van der Waals surface area contributed by atoms with Gasteiger partial charge in [0.2, 0.25) is 11.8 Å². The van der Waals surface area contributed by atoms with Crippen LogP contribution >= 0.6 is 0 Å². The quantitative estimate of drug-likeness (QED) is 0.307.